The van der Waals surface area contributed by atoms with Crippen LogP contribution in [0.25, 0.3) is 0 Å². The molecule has 1 fully saturated rings. The molecule has 0 saturated heterocycles. The molecule has 1 aliphatic carbocycles. The third-order valence-electron chi connectivity index (χ3n) is 3.63. The molecule has 2 rings (SSSR count). The molecule has 1 aromatic rings. The number of hydrogen-bond acceptors (Lipinski definition) is 5. The molecule has 102 valence electrons. The summed E-state index contributed by atoms with van der Waals surface area (Å²) in [5.41, 5.74) is 5.42. The topological polar surface area (TPSA) is 68.2 Å². The van der Waals surface area contributed by atoms with E-state index in [1.54, 1.807) is 0 Å². The lowest BCUT2D eigenvalue weighted by molar-refractivity contribution is 0.174. The second-order valence-corrected chi connectivity index (χ2v) is 5.73. The van der Waals surface area contributed by atoms with Crippen LogP contribution < -0.4 is 5.73 Å². The zero-order chi connectivity index (χ0) is 13.2. The maximum absolute atomic E-state index is 5.96. The van der Waals surface area contributed by atoms with Crippen molar-refractivity contribution in [1.82, 2.24) is 15.0 Å². The zero-order valence-corrected chi connectivity index (χ0v) is 11.6. The summed E-state index contributed by atoms with van der Waals surface area (Å²) >= 11 is 0. The van der Waals surface area contributed by atoms with Gasteiger partial charge in [-0.2, -0.15) is 4.98 Å². The van der Waals surface area contributed by atoms with Crippen LogP contribution in [0.15, 0.2) is 4.52 Å². The van der Waals surface area contributed by atoms with E-state index in [1.807, 2.05) is 13.8 Å². The molecule has 0 amide bonds. The average Bonchev–Trinajstić information content (AvgIpc) is 2.95. The monoisotopic (exact) mass is 252 g/mol. The first kappa shape index (κ1) is 13.5. The molecule has 5 nitrogen and oxygen atoms in total. The van der Waals surface area contributed by atoms with Crippen molar-refractivity contribution in [3.8, 4) is 0 Å². The molecule has 1 aliphatic rings. The van der Waals surface area contributed by atoms with E-state index >= 15 is 0 Å². The lowest BCUT2D eigenvalue weighted by Gasteiger charge is -2.25. The van der Waals surface area contributed by atoms with Crippen molar-refractivity contribution in [3.05, 3.63) is 11.7 Å². The summed E-state index contributed by atoms with van der Waals surface area (Å²) in [5, 5.41) is 3.96. The lowest BCUT2D eigenvalue weighted by atomic mass is 10.1. The van der Waals surface area contributed by atoms with Crippen molar-refractivity contribution >= 4 is 0 Å². The average molecular weight is 252 g/mol. The molecule has 0 spiro atoms. The Bertz CT molecular complexity index is 377. The van der Waals surface area contributed by atoms with Crippen molar-refractivity contribution in [2.24, 2.45) is 5.73 Å². The van der Waals surface area contributed by atoms with Crippen LogP contribution in [0.3, 0.4) is 0 Å². The van der Waals surface area contributed by atoms with E-state index in [2.05, 4.69) is 22.0 Å². The van der Waals surface area contributed by atoms with Gasteiger partial charge in [0.05, 0.1) is 12.1 Å². The van der Waals surface area contributed by atoms with Crippen molar-refractivity contribution in [2.45, 2.75) is 64.6 Å². The van der Waals surface area contributed by atoms with Crippen LogP contribution in [0.1, 0.15) is 58.2 Å². The third kappa shape index (κ3) is 3.09. The standard InChI is InChI=1S/C13H24N4O/c1-4-17(10-7-5-6-8-10)9-11-15-12(16-18-11)13(2,3)14/h10H,4-9,14H2,1-3H3. The van der Waals surface area contributed by atoms with Gasteiger partial charge in [0.15, 0.2) is 5.82 Å². The minimum atomic E-state index is -0.536. The molecule has 1 saturated carbocycles. The first-order chi connectivity index (χ1) is 8.50. The Kier molecular flexibility index (Phi) is 4.02. The SMILES string of the molecule is CCN(Cc1nc(C(C)(C)N)no1)C1CCCC1. The summed E-state index contributed by atoms with van der Waals surface area (Å²) < 4.78 is 5.30. The molecule has 1 aromatic heterocycles. The Morgan fingerprint density at radius 1 is 1.39 bits per heavy atom. The summed E-state index contributed by atoms with van der Waals surface area (Å²) in [6, 6.07) is 0.677. The van der Waals surface area contributed by atoms with E-state index in [0.29, 0.717) is 17.8 Å². The van der Waals surface area contributed by atoms with Gasteiger partial charge in [-0.25, -0.2) is 0 Å². The van der Waals surface area contributed by atoms with Gasteiger partial charge in [0.1, 0.15) is 0 Å². The number of hydrogen-bond donors (Lipinski definition) is 1. The molecule has 0 aliphatic heterocycles. The summed E-state index contributed by atoms with van der Waals surface area (Å²) in [6.45, 7) is 7.72. The van der Waals surface area contributed by atoms with E-state index in [0.717, 1.165) is 13.1 Å². The van der Waals surface area contributed by atoms with Gasteiger partial charge in [-0.3, -0.25) is 4.90 Å². The maximum Gasteiger partial charge on any atom is 0.240 e. The lowest BCUT2D eigenvalue weighted by Crippen LogP contribution is -2.33. The highest BCUT2D eigenvalue weighted by atomic mass is 16.5. The maximum atomic E-state index is 5.96. The fourth-order valence-corrected chi connectivity index (χ4v) is 2.52. The van der Waals surface area contributed by atoms with Crippen LogP contribution in [0, 0.1) is 0 Å². The van der Waals surface area contributed by atoms with E-state index in [4.69, 9.17) is 10.3 Å². The van der Waals surface area contributed by atoms with Gasteiger partial charge >= 0.3 is 0 Å². The molecule has 0 aromatic carbocycles. The summed E-state index contributed by atoms with van der Waals surface area (Å²) in [6.07, 6.45) is 5.26. The predicted molar refractivity (Wildman–Crippen MR) is 69.9 cm³/mol. The fraction of sp³-hybridized carbons (Fsp3) is 0.846. The Hall–Kier alpha value is -0.940. The van der Waals surface area contributed by atoms with Gasteiger partial charge in [-0.1, -0.05) is 24.9 Å². The van der Waals surface area contributed by atoms with Crippen molar-refractivity contribution in [1.29, 1.82) is 0 Å². The molecular weight excluding hydrogens is 228 g/mol. The molecular formula is C13H24N4O. The first-order valence-corrected chi connectivity index (χ1v) is 6.86. The molecule has 1 heterocycles. The molecule has 0 radical (unpaired) electrons. The highest BCUT2D eigenvalue weighted by molar-refractivity contribution is 4.99. The number of nitrogens with two attached hydrogens (primary N) is 1. The summed E-state index contributed by atoms with van der Waals surface area (Å²) in [7, 11) is 0. The summed E-state index contributed by atoms with van der Waals surface area (Å²) in [5.74, 6) is 1.26. The normalized spacial score (nSPS) is 17.8. The fourth-order valence-electron chi connectivity index (χ4n) is 2.52. The van der Waals surface area contributed by atoms with Crippen LogP contribution in [-0.2, 0) is 12.1 Å². The Morgan fingerprint density at radius 3 is 2.56 bits per heavy atom. The largest absolute Gasteiger partial charge is 0.338 e. The van der Waals surface area contributed by atoms with Gasteiger partial charge in [0.2, 0.25) is 5.89 Å². The molecule has 18 heavy (non-hydrogen) atoms. The number of rotatable bonds is 5. The van der Waals surface area contributed by atoms with E-state index in [-0.39, 0.29) is 0 Å². The first-order valence-electron chi connectivity index (χ1n) is 6.86. The molecule has 0 atom stereocenters. The van der Waals surface area contributed by atoms with Gasteiger partial charge in [-0.05, 0) is 33.2 Å². The summed E-state index contributed by atoms with van der Waals surface area (Å²) in [4.78, 5) is 6.82. The second kappa shape index (κ2) is 5.36. The van der Waals surface area contributed by atoms with Gasteiger partial charge in [-0.15, -0.1) is 0 Å². The van der Waals surface area contributed by atoms with Crippen LogP contribution in [0.4, 0.5) is 0 Å². The van der Waals surface area contributed by atoms with Gasteiger partial charge < -0.3 is 10.3 Å². The minimum Gasteiger partial charge on any atom is -0.338 e. The van der Waals surface area contributed by atoms with Crippen LogP contribution >= 0.6 is 0 Å². The minimum absolute atomic E-state index is 0.536. The Labute approximate surface area is 109 Å². The number of nitrogens with zero attached hydrogens (tertiary/aromatic N) is 3. The van der Waals surface area contributed by atoms with E-state index in [9.17, 15) is 0 Å². The smallest absolute Gasteiger partial charge is 0.240 e. The number of aromatic nitrogens is 2. The highest BCUT2D eigenvalue weighted by Gasteiger charge is 2.25. The quantitative estimate of drug-likeness (QED) is 0.868. The Morgan fingerprint density at radius 2 is 2.06 bits per heavy atom. The van der Waals surface area contributed by atoms with E-state index in [1.165, 1.54) is 25.7 Å². The van der Waals surface area contributed by atoms with Gasteiger partial charge in [0, 0.05) is 6.04 Å². The molecule has 0 bridgehead atoms. The highest BCUT2D eigenvalue weighted by Crippen LogP contribution is 2.24. The zero-order valence-electron chi connectivity index (χ0n) is 11.6. The second-order valence-electron chi connectivity index (χ2n) is 5.73. The molecule has 2 N–H and O–H groups in total. The van der Waals surface area contributed by atoms with Crippen LogP contribution in [0.5, 0.6) is 0 Å². The van der Waals surface area contributed by atoms with Gasteiger partial charge in [0.25, 0.3) is 0 Å². The molecule has 5 heteroatoms. The molecule has 0 unspecified atom stereocenters. The van der Waals surface area contributed by atoms with Crippen molar-refractivity contribution in [2.75, 3.05) is 6.54 Å². The van der Waals surface area contributed by atoms with E-state index < -0.39 is 5.54 Å². The van der Waals surface area contributed by atoms with Crippen molar-refractivity contribution < 1.29 is 4.52 Å². The van der Waals surface area contributed by atoms with Crippen molar-refractivity contribution in [3.63, 3.8) is 0 Å². The van der Waals surface area contributed by atoms with Crippen LogP contribution in [-0.4, -0.2) is 27.6 Å². The Balaban J connectivity index is 2.01. The predicted octanol–water partition coefficient (Wildman–Crippen LogP) is 2.03. The third-order valence-corrected chi connectivity index (χ3v) is 3.63. The van der Waals surface area contributed by atoms with Crippen LogP contribution in [0.2, 0.25) is 0 Å².